The fourth-order valence-electron chi connectivity index (χ4n) is 3.89. The van der Waals surface area contributed by atoms with Gasteiger partial charge < -0.3 is 18.8 Å². The number of hydrogen-bond donors (Lipinski definition) is 0. The van der Waals surface area contributed by atoms with Gasteiger partial charge >= 0.3 is 0 Å². The van der Waals surface area contributed by atoms with Crippen LogP contribution in [0.4, 0.5) is 0 Å². The lowest BCUT2D eigenvalue weighted by Crippen LogP contribution is -2.25. The minimum Gasteiger partial charge on any atom is -0.496 e. The second kappa shape index (κ2) is 6.57. The van der Waals surface area contributed by atoms with Gasteiger partial charge in [-0.15, -0.1) is 0 Å². The van der Waals surface area contributed by atoms with E-state index in [2.05, 4.69) is 21.7 Å². The standard InChI is InChI=1S/C19H24N2O3/c1-3-24-18-12-23-11-16(18)21-8-7-20-19(21)15-9-13-5-4-6-14(13)10-17(15)22-2/h7-10,16,18H,3-6,11-12H2,1-2H3/t16-,18-/m1/s1. The normalized spacial score (nSPS) is 22.8. The molecule has 2 atom stereocenters. The summed E-state index contributed by atoms with van der Waals surface area (Å²) in [6.45, 7) is 4.00. The third-order valence-corrected chi connectivity index (χ3v) is 5.06. The third kappa shape index (κ3) is 2.62. The second-order valence-electron chi connectivity index (χ2n) is 6.43. The maximum Gasteiger partial charge on any atom is 0.144 e. The summed E-state index contributed by atoms with van der Waals surface area (Å²) in [6.07, 6.45) is 7.45. The van der Waals surface area contributed by atoms with E-state index in [0.29, 0.717) is 19.8 Å². The Morgan fingerprint density at radius 1 is 1.25 bits per heavy atom. The van der Waals surface area contributed by atoms with Crippen molar-refractivity contribution in [2.75, 3.05) is 26.9 Å². The van der Waals surface area contributed by atoms with Crippen LogP contribution in [-0.2, 0) is 22.3 Å². The molecule has 1 saturated heterocycles. The summed E-state index contributed by atoms with van der Waals surface area (Å²) in [5.41, 5.74) is 3.89. The summed E-state index contributed by atoms with van der Waals surface area (Å²) in [5, 5.41) is 0. The van der Waals surface area contributed by atoms with Gasteiger partial charge in [0.2, 0.25) is 0 Å². The van der Waals surface area contributed by atoms with E-state index in [4.69, 9.17) is 14.2 Å². The van der Waals surface area contributed by atoms with E-state index in [1.807, 2.05) is 19.3 Å². The minimum atomic E-state index is 0.0726. The lowest BCUT2D eigenvalue weighted by atomic mass is 10.0. The minimum absolute atomic E-state index is 0.0726. The molecule has 0 spiro atoms. The van der Waals surface area contributed by atoms with E-state index < -0.39 is 0 Å². The van der Waals surface area contributed by atoms with E-state index in [1.165, 1.54) is 17.5 Å². The van der Waals surface area contributed by atoms with Gasteiger partial charge in [-0.2, -0.15) is 0 Å². The molecule has 0 saturated carbocycles. The number of rotatable bonds is 5. The first-order valence-corrected chi connectivity index (χ1v) is 8.74. The highest BCUT2D eigenvalue weighted by Crippen LogP contribution is 2.37. The van der Waals surface area contributed by atoms with Gasteiger partial charge in [0.25, 0.3) is 0 Å². The molecule has 1 aliphatic heterocycles. The maximum atomic E-state index is 5.86. The van der Waals surface area contributed by atoms with E-state index in [-0.39, 0.29) is 12.1 Å². The molecule has 2 heterocycles. The van der Waals surface area contributed by atoms with Crippen LogP contribution >= 0.6 is 0 Å². The summed E-state index contributed by atoms with van der Waals surface area (Å²) in [6, 6.07) is 4.59. The van der Waals surface area contributed by atoms with Crippen LogP contribution in [0, 0.1) is 0 Å². The highest BCUT2D eigenvalue weighted by Gasteiger charge is 2.32. The molecule has 24 heavy (non-hydrogen) atoms. The molecule has 1 aromatic carbocycles. The van der Waals surface area contributed by atoms with Gasteiger partial charge in [0.1, 0.15) is 17.7 Å². The number of hydrogen-bond acceptors (Lipinski definition) is 4. The third-order valence-electron chi connectivity index (χ3n) is 5.06. The first-order chi connectivity index (χ1) is 11.8. The Labute approximate surface area is 142 Å². The van der Waals surface area contributed by atoms with Gasteiger partial charge in [-0.25, -0.2) is 4.98 Å². The van der Waals surface area contributed by atoms with Crippen LogP contribution < -0.4 is 4.74 Å². The zero-order valence-corrected chi connectivity index (χ0v) is 14.3. The monoisotopic (exact) mass is 328 g/mol. The van der Waals surface area contributed by atoms with Crippen molar-refractivity contribution in [1.29, 1.82) is 0 Å². The Morgan fingerprint density at radius 2 is 2.08 bits per heavy atom. The molecule has 0 unspecified atom stereocenters. The van der Waals surface area contributed by atoms with Crippen molar-refractivity contribution in [2.24, 2.45) is 0 Å². The van der Waals surface area contributed by atoms with Crippen LogP contribution in [-0.4, -0.2) is 42.6 Å². The molecule has 128 valence electrons. The van der Waals surface area contributed by atoms with Crippen molar-refractivity contribution < 1.29 is 14.2 Å². The van der Waals surface area contributed by atoms with Crippen LogP contribution in [0.5, 0.6) is 5.75 Å². The van der Waals surface area contributed by atoms with E-state index >= 15 is 0 Å². The van der Waals surface area contributed by atoms with Gasteiger partial charge in [-0.3, -0.25) is 0 Å². The van der Waals surface area contributed by atoms with Crippen LogP contribution in [0.1, 0.15) is 30.5 Å². The van der Waals surface area contributed by atoms with E-state index in [1.54, 1.807) is 7.11 Å². The molecule has 0 radical (unpaired) electrons. The van der Waals surface area contributed by atoms with Crippen molar-refractivity contribution in [1.82, 2.24) is 9.55 Å². The molecule has 1 fully saturated rings. The number of methoxy groups -OCH3 is 1. The SMILES string of the molecule is CCO[C@@H]1COC[C@H]1n1ccnc1-c1cc2c(cc1OC)CCC2. The number of benzene rings is 1. The molecule has 2 aliphatic rings. The van der Waals surface area contributed by atoms with Crippen molar-refractivity contribution >= 4 is 0 Å². The van der Waals surface area contributed by atoms with Crippen molar-refractivity contribution in [2.45, 2.75) is 38.3 Å². The Bertz CT molecular complexity index is 725. The van der Waals surface area contributed by atoms with Gasteiger partial charge in [0, 0.05) is 19.0 Å². The molecule has 0 N–H and O–H groups in total. The fraction of sp³-hybridized carbons (Fsp3) is 0.526. The molecule has 5 heteroatoms. The summed E-state index contributed by atoms with van der Waals surface area (Å²) >= 11 is 0. The number of ether oxygens (including phenoxy) is 3. The number of fused-ring (bicyclic) bond motifs is 1. The summed E-state index contributed by atoms with van der Waals surface area (Å²) < 4.78 is 19.4. The molecule has 1 aliphatic carbocycles. The first-order valence-electron chi connectivity index (χ1n) is 8.74. The fourth-order valence-corrected chi connectivity index (χ4v) is 3.89. The Morgan fingerprint density at radius 3 is 2.88 bits per heavy atom. The Kier molecular flexibility index (Phi) is 4.29. The predicted octanol–water partition coefficient (Wildman–Crippen LogP) is 3.02. The maximum absolute atomic E-state index is 5.86. The second-order valence-corrected chi connectivity index (χ2v) is 6.43. The largest absolute Gasteiger partial charge is 0.496 e. The van der Waals surface area contributed by atoms with E-state index in [9.17, 15) is 0 Å². The zero-order chi connectivity index (χ0) is 16.5. The highest BCUT2D eigenvalue weighted by atomic mass is 16.5. The topological polar surface area (TPSA) is 45.5 Å². The summed E-state index contributed by atoms with van der Waals surface area (Å²) in [4.78, 5) is 4.63. The number of aryl methyl sites for hydroxylation is 2. The van der Waals surface area contributed by atoms with Crippen LogP contribution in [0.15, 0.2) is 24.5 Å². The van der Waals surface area contributed by atoms with E-state index in [0.717, 1.165) is 30.0 Å². The number of nitrogens with zero attached hydrogens (tertiary/aromatic N) is 2. The van der Waals surface area contributed by atoms with Crippen LogP contribution in [0.2, 0.25) is 0 Å². The van der Waals surface area contributed by atoms with Crippen molar-refractivity contribution in [3.05, 3.63) is 35.7 Å². The smallest absolute Gasteiger partial charge is 0.144 e. The predicted molar refractivity (Wildman–Crippen MR) is 91.5 cm³/mol. The van der Waals surface area contributed by atoms with Crippen molar-refractivity contribution in [3.8, 4) is 17.1 Å². The molecule has 2 aromatic rings. The van der Waals surface area contributed by atoms with Gasteiger partial charge in [-0.1, -0.05) is 0 Å². The quantitative estimate of drug-likeness (QED) is 0.846. The van der Waals surface area contributed by atoms with Gasteiger partial charge in [0.15, 0.2) is 0 Å². The molecular weight excluding hydrogens is 304 g/mol. The average molecular weight is 328 g/mol. The van der Waals surface area contributed by atoms with Crippen LogP contribution in [0.25, 0.3) is 11.4 Å². The average Bonchev–Trinajstić information content (AvgIpc) is 3.33. The summed E-state index contributed by atoms with van der Waals surface area (Å²) in [7, 11) is 1.73. The number of aromatic nitrogens is 2. The molecule has 0 bridgehead atoms. The lowest BCUT2D eigenvalue weighted by Gasteiger charge is -2.22. The van der Waals surface area contributed by atoms with Gasteiger partial charge in [-0.05, 0) is 49.4 Å². The van der Waals surface area contributed by atoms with Gasteiger partial charge in [0.05, 0.1) is 31.9 Å². The molecule has 4 rings (SSSR count). The molecule has 1 aromatic heterocycles. The Balaban J connectivity index is 1.75. The number of imidazole rings is 1. The molecule has 0 amide bonds. The highest BCUT2D eigenvalue weighted by molar-refractivity contribution is 5.67. The molecule has 5 nitrogen and oxygen atoms in total. The summed E-state index contributed by atoms with van der Waals surface area (Å²) in [5.74, 6) is 1.83. The first kappa shape index (κ1) is 15.7. The zero-order valence-electron chi connectivity index (χ0n) is 14.3. The Hall–Kier alpha value is -1.85. The van der Waals surface area contributed by atoms with Crippen LogP contribution in [0.3, 0.4) is 0 Å². The lowest BCUT2D eigenvalue weighted by molar-refractivity contribution is 0.0364. The molecular formula is C19H24N2O3. The van der Waals surface area contributed by atoms with Crippen molar-refractivity contribution in [3.63, 3.8) is 0 Å².